The Hall–Kier alpha value is -1.53. The molecular formula is C31H50BrNO4. The van der Waals surface area contributed by atoms with Gasteiger partial charge in [-0.25, -0.2) is 4.79 Å². The lowest BCUT2D eigenvalue weighted by molar-refractivity contribution is -0.923. The van der Waals surface area contributed by atoms with Gasteiger partial charge in [0.25, 0.3) is 0 Å². The highest BCUT2D eigenvalue weighted by Gasteiger charge is 2.31. The van der Waals surface area contributed by atoms with Gasteiger partial charge in [0.05, 0.1) is 26.2 Å². The molecule has 0 unspecified atom stereocenters. The van der Waals surface area contributed by atoms with Crippen LogP contribution in [0.3, 0.4) is 0 Å². The first-order valence-electron chi connectivity index (χ1n) is 14.5. The van der Waals surface area contributed by atoms with E-state index < -0.39 is 0 Å². The Kier molecular flexibility index (Phi) is 12.0. The summed E-state index contributed by atoms with van der Waals surface area (Å²) < 4.78 is 12.9. The lowest BCUT2D eigenvalue weighted by Crippen LogP contribution is -3.00. The Labute approximate surface area is 234 Å². The molecule has 0 spiro atoms. The van der Waals surface area contributed by atoms with Gasteiger partial charge in [-0.1, -0.05) is 32.1 Å². The molecule has 3 rings (SSSR count). The molecule has 2 heterocycles. The summed E-state index contributed by atoms with van der Waals surface area (Å²) in [4.78, 5) is 12.8. The third-order valence-electron chi connectivity index (χ3n) is 8.78. The first-order chi connectivity index (χ1) is 17.2. The summed E-state index contributed by atoms with van der Waals surface area (Å²) in [5, 5.41) is 11.7. The van der Waals surface area contributed by atoms with Gasteiger partial charge in [-0.2, -0.15) is 0 Å². The van der Waals surface area contributed by atoms with Crippen molar-refractivity contribution in [2.45, 2.75) is 118 Å². The van der Waals surface area contributed by atoms with Crippen LogP contribution in [0.4, 0.5) is 0 Å². The van der Waals surface area contributed by atoms with Crippen molar-refractivity contribution in [2.24, 2.45) is 0 Å². The Bertz CT molecular complexity index is 1060. The molecule has 210 valence electrons. The molecule has 37 heavy (non-hydrogen) atoms. The highest BCUT2D eigenvalue weighted by molar-refractivity contribution is 5.89. The standard InChI is InChI=1S/C31H49NO4.BrH/c1-7-32(8-2,9-3)21-17-15-13-11-10-12-14-16-18-25-23(4)26-22-24-19-20-31(5,6)36-28(24)27(33)29(26)35-30(25)34;/h22H,7-21H2,1-6H3;1H. The number of rotatable bonds is 14. The Balaban J connectivity index is 0.00000481. The third-order valence-corrected chi connectivity index (χ3v) is 8.78. The summed E-state index contributed by atoms with van der Waals surface area (Å²) in [5.41, 5.74) is 2.27. The van der Waals surface area contributed by atoms with Gasteiger partial charge in [0, 0.05) is 10.9 Å². The molecule has 0 bridgehead atoms. The van der Waals surface area contributed by atoms with Crippen LogP contribution in [0.5, 0.6) is 11.5 Å². The van der Waals surface area contributed by atoms with Crippen molar-refractivity contribution in [3.8, 4) is 11.5 Å². The second kappa shape index (κ2) is 14.0. The lowest BCUT2D eigenvalue weighted by atomic mass is 9.91. The topological polar surface area (TPSA) is 59.7 Å². The molecule has 1 aliphatic heterocycles. The number of aromatic hydroxyl groups is 1. The van der Waals surface area contributed by atoms with Crippen LogP contribution < -0.4 is 27.3 Å². The summed E-state index contributed by atoms with van der Waals surface area (Å²) in [6.45, 7) is 18.0. The average molecular weight is 581 g/mol. The minimum absolute atomic E-state index is 0. The summed E-state index contributed by atoms with van der Waals surface area (Å²) in [7, 11) is 0. The van der Waals surface area contributed by atoms with E-state index in [-0.39, 0.29) is 39.5 Å². The molecule has 1 aromatic carbocycles. The minimum Gasteiger partial charge on any atom is -1.00 e. The zero-order valence-corrected chi connectivity index (χ0v) is 25.8. The van der Waals surface area contributed by atoms with Crippen molar-refractivity contribution in [1.29, 1.82) is 0 Å². The van der Waals surface area contributed by atoms with Gasteiger partial charge in [0.2, 0.25) is 5.75 Å². The second-order valence-electron chi connectivity index (χ2n) is 11.5. The molecule has 5 nitrogen and oxygen atoms in total. The van der Waals surface area contributed by atoms with Crippen LogP contribution in [-0.2, 0) is 12.8 Å². The highest BCUT2D eigenvalue weighted by atomic mass is 79.9. The Morgan fingerprint density at radius 1 is 0.946 bits per heavy atom. The number of halogens is 1. The molecule has 1 aliphatic rings. The third kappa shape index (κ3) is 7.75. The van der Waals surface area contributed by atoms with E-state index in [2.05, 4.69) is 20.8 Å². The highest BCUT2D eigenvalue weighted by Crippen LogP contribution is 2.44. The molecule has 0 fully saturated rings. The number of aryl methyl sites for hydroxylation is 2. The average Bonchev–Trinajstić information content (AvgIpc) is 2.86. The van der Waals surface area contributed by atoms with Crippen LogP contribution in [0.15, 0.2) is 15.3 Å². The van der Waals surface area contributed by atoms with Gasteiger partial charge in [-0.05, 0) is 97.3 Å². The number of quaternary nitrogens is 1. The molecule has 0 saturated carbocycles. The number of ether oxygens (including phenoxy) is 1. The van der Waals surface area contributed by atoms with Crippen molar-refractivity contribution in [2.75, 3.05) is 26.2 Å². The summed E-state index contributed by atoms with van der Waals surface area (Å²) in [6.07, 6.45) is 12.4. The SMILES string of the molecule is CC[N+](CC)(CC)CCCCCCCCCCc1c(C)c2cc3c(c(O)c2oc1=O)OC(C)(C)CC3.[Br-]. The molecule has 2 aromatic rings. The molecular weight excluding hydrogens is 530 g/mol. The summed E-state index contributed by atoms with van der Waals surface area (Å²) in [6, 6.07) is 2.05. The number of nitrogens with zero attached hydrogens (tertiary/aromatic N) is 1. The molecule has 0 radical (unpaired) electrons. The van der Waals surface area contributed by atoms with Crippen LogP contribution in [0.25, 0.3) is 11.0 Å². The first kappa shape index (κ1) is 31.7. The summed E-state index contributed by atoms with van der Waals surface area (Å²) >= 11 is 0. The number of hydrogen-bond acceptors (Lipinski definition) is 4. The number of benzene rings is 1. The molecule has 1 N–H and O–H groups in total. The van der Waals surface area contributed by atoms with Gasteiger partial charge in [-0.15, -0.1) is 0 Å². The predicted molar refractivity (Wildman–Crippen MR) is 149 cm³/mol. The van der Waals surface area contributed by atoms with Crippen LogP contribution in [0.2, 0.25) is 0 Å². The summed E-state index contributed by atoms with van der Waals surface area (Å²) in [5.74, 6) is 0.430. The van der Waals surface area contributed by atoms with E-state index in [1.54, 1.807) is 0 Å². The molecule has 0 amide bonds. The van der Waals surface area contributed by atoms with Gasteiger partial charge in [0.15, 0.2) is 11.3 Å². The fraction of sp³-hybridized carbons (Fsp3) is 0.710. The van der Waals surface area contributed by atoms with Gasteiger partial charge in [0.1, 0.15) is 5.60 Å². The normalized spacial score (nSPS) is 14.8. The van der Waals surface area contributed by atoms with E-state index in [1.165, 1.54) is 69.2 Å². The fourth-order valence-corrected chi connectivity index (χ4v) is 5.85. The number of unbranched alkanes of at least 4 members (excludes halogenated alkanes) is 7. The monoisotopic (exact) mass is 579 g/mol. The molecule has 1 aromatic heterocycles. The van der Waals surface area contributed by atoms with E-state index >= 15 is 0 Å². The quantitative estimate of drug-likeness (QED) is 0.204. The molecule has 0 atom stereocenters. The number of hydrogen-bond donors (Lipinski definition) is 1. The largest absolute Gasteiger partial charge is 1.00 e. The van der Waals surface area contributed by atoms with Crippen molar-refractivity contribution >= 4 is 11.0 Å². The van der Waals surface area contributed by atoms with Crippen molar-refractivity contribution in [3.05, 3.63) is 33.2 Å². The minimum atomic E-state index is -0.336. The van der Waals surface area contributed by atoms with E-state index in [0.29, 0.717) is 5.75 Å². The van der Waals surface area contributed by atoms with Crippen LogP contribution in [0, 0.1) is 6.92 Å². The maximum absolute atomic E-state index is 12.8. The van der Waals surface area contributed by atoms with Crippen molar-refractivity contribution < 1.29 is 35.7 Å². The van der Waals surface area contributed by atoms with Crippen molar-refractivity contribution in [1.82, 2.24) is 0 Å². The van der Waals surface area contributed by atoms with Gasteiger partial charge >= 0.3 is 5.63 Å². The number of phenolic OH excluding ortho intramolecular Hbond substituents is 1. The Morgan fingerprint density at radius 3 is 2.11 bits per heavy atom. The zero-order chi connectivity index (χ0) is 26.3. The Morgan fingerprint density at radius 2 is 1.51 bits per heavy atom. The zero-order valence-electron chi connectivity index (χ0n) is 24.2. The lowest BCUT2D eigenvalue weighted by Gasteiger charge is -2.35. The molecule has 0 saturated heterocycles. The van der Waals surface area contributed by atoms with E-state index in [0.717, 1.165) is 54.2 Å². The van der Waals surface area contributed by atoms with E-state index in [1.807, 2.05) is 26.8 Å². The van der Waals surface area contributed by atoms with E-state index in [9.17, 15) is 9.90 Å². The van der Waals surface area contributed by atoms with Crippen LogP contribution >= 0.6 is 0 Å². The number of fused-ring (bicyclic) bond motifs is 2. The van der Waals surface area contributed by atoms with Crippen LogP contribution in [0.1, 0.15) is 109 Å². The predicted octanol–water partition coefficient (Wildman–Crippen LogP) is 4.45. The molecule has 6 heteroatoms. The van der Waals surface area contributed by atoms with E-state index in [4.69, 9.17) is 9.15 Å². The maximum atomic E-state index is 12.8. The van der Waals surface area contributed by atoms with Gasteiger partial charge in [-0.3, -0.25) is 0 Å². The number of phenols is 1. The smallest absolute Gasteiger partial charge is 0.339 e. The van der Waals surface area contributed by atoms with Gasteiger partial charge < -0.3 is 35.7 Å². The fourth-order valence-electron chi connectivity index (χ4n) is 5.85. The molecule has 0 aliphatic carbocycles. The van der Waals surface area contributed by atoms with Crippen molar-refractivity contribution in [3.63, 3.8) is 0 Å². The van der Waals surface area contributed by atoms with Crippen LogP contribution in [-0.4, -0.2) is 41.4 Å². The maximum Gasteiger partial charge on any atom is 0.339 e. The second-order valence-corrected chi connectivity index (χ2v) is 11.5. The first-order valence-corrected chi connectivity index (χ1v) is 14.5.